The van der Waals surface area contributed by atoms with Crippen molar-refractivity contribution in [2.75, 3.05) is 18.4 Å². The van der Waals surface area contributed by atoms with Gasteiger partial charge in [0.15, 0.2) is 0 Å². The summed E-state index contributed by atoms with van der Waals surface area (Å²) in [7, 11) is 0. The molecule has 0 saturated carbocycles. The molecule has 3 aromatic rings. The molecule has 3 aromatic carbocycles. The molecule has 8 nitrogen and oxygen atoms in total. The van der Waals surface area contributed by atoms with E-state index in [0.717, 1.165) is 16.7 Å². The molecule has 0 unspecified atom stereocenters. The number of nitrogens with one attached hydrogen (secondary N) is 4. The van der Waals surface area contributed by atoms with E-state index >= 15 is 0 Å². The molecular weight excluding hydrogens is 504 g/mol. The summed E-state index contributed by atoms with van der Waals surface area (Å²) in [6.07, 6.45) is 3.68. The lowest BCUT2D eigenvalue weighted by atomic mass is 10.1. The number of carbonyl (C=O) groups is 3. The molecule has 0 aliphatic rings. The van der Waals surface area contributed by atoms with Gasteiger partial charge in [0.05, 0.1) is 6.04 Å². The average molecular weight is 543 g/mol. The van der Waals surface area contributed by atoms with Crippen molar-refractivity contribution < 1.29 is 19.1 Å². The van der Waals surface area contributed by atoms with Gasteiger partial charge in [-0.1, -0.05) is 78.9 Å². The zero-order valence-corrected chi connectivity index (χ0v) is 23.3. The summed E-state index contributed by atoms with van der Waals surface area (Å²) in [5.74, 6) is -0.283. The Labute approximate surface area is 236 Å². The van der Waals surface area contributed by atoms with Crippen molar-refractivity contribution in [2.45, 2.75) is 45.3 Å². The molecule has 3 rings (SSSR count). The number of rotatable bonds is 11. The molecule has 8 heteroatoms. The van der Waals surface area contributed by atoms with Gasteiger partial charge in [-0.3, -0.25) is 4.79 Å². The number of carbonyl (C=O) groups excluding carboxylic acids is 3. The average Bonchev–Trinajstić information content (AvgIpc) is 2.92. The Morgan fingerprint density at radius 1 is 0.800 bits per heavy atom. The second kappa shape index (κ2) is 15.1. The molecule has 0 aromatic heterocycles. The fraction of sp³-hybridized carbons (Fsp3) is 0.281. The summed E-state index contributed by atoms with van der Waals surface area (Å²) in [6.45, 7) is 6.16. The van der Waals surface area contributed by atoms with E-state index in [1.54, 1.807) is 26.8 Å². The summed E-state index contributed by atoms with van der Waals surface area (Å²) in [6, 6.07) is 26.6. The predicted octanol–water partition coefficient (Wildman–Crippen LogP) is 5.67. The molecule has 0 aliphatic heterocycles. The van der Waals surface area contributed by atoms with Gasteiger partial charge in [-0.25, -0.2) is 9.59 Å². The Morgan fingerprint density at radius 2 is 1.40 bits per heavy atom. The molecule has 40 heavy (non-hydrogen) atoms. The summed E-state index contributed by atoms with van der Waals surface area (Å²) < 4.78 is 5.18. The first-order chi connectivity index (χ1) is 19.2. The van der Waals surface area contributed by atoms with Gasteiger partial charge in [0.1, 0.15) is 5.60 Å². The van der Waals surface area contributed by atoms with E-state index in [0.29, 0.717) is 31.6 Å². The lowest BCUT2D eigenvalue weighted by molar-refractivity contribution is -0.116. The maximum atomic E-state index is 12.8. The lowest BCUT2D eigenvalue weighted by Crippen LogP contribution is -2.38. The van der Waals surface area contributed by atoms with E-state index in [1.165, 1.54) is 6.08 Å². The minimum absolute atomic E-state index is 0.283. The molecule has 0 aliphatic carbocycles. The number of hydrogen-bond donors (Lipinski definition) is 4. The molecule has 0 bridgehead atoms. The van der Waals surface area contributed by atoms with Gasteiger partial charge < -0.3 is 26.0 Å². The minimum Gasteiger partial charge on any atom is -0.444 e. The monoisotopic (exact) mass is 542 g/mol. The minimum atomic E-state index is -0.558. The summed E-state index contributed by atoms with van der Waals surface area (Å²) in [5, 5.41) is 11.3. The zero-order chi connectivity index (χ0) is 28.8. The number of anilines is 1. The highest BCUT2D eigenvalue weighted by Crippen LogP contribution is 2.21. The third-order valence-corrected chi connectivity index (χ3v) is 5.67. The summed E-state index contributed by atoms with van der Waals surface area (Å²) in [4.78, 5) is 36.9. The van der Waals surface area contributed by atoms with E-state index in [9.17, 15) is 14.4 Å². The van der Waals surface area contributed by atoms with Crippen LogP contribution in [0, 0.1) is 0 Å². The Morgan fingerprint density at radius 3 is 2.05 bits per heavy atom. The number of alkyl carbamates (subject to hydrolysis) is 1. The third kappa shape index (κ3) is 11.4. The third-order valence-electron chi connectivity index (χ3n) is 5.67. The van der Waals surface area contributed by atoms with Crippen molar-refractivity contribution in [3.8, 4) is 11.1 Å². The molecule has 0 radical (unpaired) electrons. The van der Waals surface area contributed by atoms with Crippen molar-refractivity contribution in [1.29, 1.82) is 0 Å². The first-order valence-corrected chi connectivity index (χ1v) is 13.4. The molecule has 0 saturated heterocycles. The molecule has 1 atom stereocenters. The Kier molecular flexibility index (Phi) is 11.3. The molecule has 0 fully saturated rings. The summed E-state index contributed by atoms with van der Waals surface area (Å²) in [5.41, 5.74) is 3.29. The number of hydrogen-bond acceptors (Lipinski definition) is 4. The van der Waals surface area contributed by atoms with Crippen molar-refractivity contribution in [3.63, 3.8) is 0 Å². The maximum absolute atomic E-state index is 12.8. The molecule has 0 spiro atoms. The Balaban J connectivity index is 1.50. The van der Waals surface area contributed by atoms with Gasteiger partial charge in [-0.2, -0.15) is 0 Å². The smallest absolute Gasteiger partial charge is 0.407 e. The van der Waals surface area contributed by atoms with Gasteiger partial charge >= 0.3 is 12.1 Å². The predicted molar refractivity (Wildman–Crippen MR) is 159 cm³/mol. The SMILES string of the molecule is CC(C)(C)OC(=O)NCCCNC(=O)C=C[C@@H](Cc1ccccc1)NC(=O)Nc1ccc(-c2ccccc2)cc1. The fourth-order valence-corrected chi connectivity index (χ4v) is 3.81. The largest absolute Gasteiger partial charge is 0.444 e. The van der Waals surface area contributed by atoms with Crippen molar-refractivity contribution in [2.24, 2.45) is 0 Å². The first-order valence-electron chi connectivity index (χ1n) is 13.4. The highest BCUT2D eigenvalue weighted by atomic mass is 16.6. The van der Waals surface area contributed by atoms with Crippen LogP contribution in [0.15, 0.2) is 97.1 Å². The van der Waals surface area contributed by atoms with E-state index < -0.39 is 17.7 Å². The normalized spacial score (nSPS) is 11.9. The molecule has 4 N–H and O–H groups in total. The maximum Gasteiger partial charge on any atom is 0.407 e. The van der Waals surface area contributed by atoms with Gasteiger partial charge in [0, 0.05) is 24.9 Å². The van der Waals surface area contributed by atoms with Crippen LogP contribution in [-0.2, 0) is 16.0 Å². The molecular formula is C32H38N4O4. The van der Waals surface area contributed by atoms with E-state index in [4.69, 9.17) is 4.74 Å². The number of benzene rings is 3. The van der Waals surface area contributed by atoms with Gasteiger partial charge in [0.2, 0.25) is 5.91 Å². The Hall–Kier alpha value is -4.59. The van der Waals surface area contributed by atoms with Crippen molar-refractivity contribution in [3.05, 3.63) is 103 Å². The van der Waals surface area contributed by atoms with Crippen LogP contribution in [0.4, 0.5) is 15.3 Å². The standard InChI is InChI=1S/C32H38N4O4/c1-32(2,3)40-31(39)34-22-10-21-33-29(37)20-19-28(23-24-11-6-4-7-12-24)36-30(38)35-27-17-15-26(16-18-27)25-13-8-5-9-14-25/h4-9,11-20,28H,10,21-23H2,1-3H3,(H,33,37)(H,34,39)(H2,35,36,38)/t28-/m0/s1. The van der Waals surface area contributed by atoms with Crippen LogP contribution in [0.5, 0.6) is 0 Å². The summed E-state index contributed by atoms with van der Waals surface area (Å²) >= 11 is 0. The van der Waals surface area contributed by atoms with Crippen molar-refractivity contribution >= 4 is 23.7 Å². The van der Waals surface area contributed by atoms with Crippen LogP contribution in [0.1, 0.15) is 32.8 Å². The van der Waals surface area contributed by atoms with Crippen LogP contribution in [-0.4, -0.2) is 42.8 Å². The van der Waals surface area contributed by atoms with Crippen LogP contribution < -0.4 is 21.3 Å². The fourth-order valence-electron chi connectivity index (χ4n) is 3.81. The van der Waals surface area contributed by atoms with Gasteiger partial charge in [-0.05, 0) is 62.4 Å². The quantitative estimate of drug-likeness (QED) is 0.185. The number of urea groups is 1. The van der Waals surface area contributed by atoms with Crippen LogP contribution in [0.2, 0.25) is 0 Å². The van der Waals surface area contributed by atoms with E-state index in [-0.39, 0.29) is 11.9 Å². The second-order valence-corrected chi connectivity index (χ2v) is 10.3. The van der Waals surface area contributed by atoms with E-state index in [2.05, 4.69) is 21.3 Å². The zero-order valence-electron chi connectivity index (χ0n) is 23.3. The lowest BCUT2D eigenvalue weighted by Gasteiger charge is -2.19. The topological polar surface area (TPSA) is 109 Å². The number of amides is 4. The van der Waals surface area contributed by atoms with Gasteiger partial charge in [-0.15, -0.1) is 0 Å². The van der Waals surface area contributed by atoms with E-state index in [1.807, 2.05) is 84.9 Å². The van der Waals surface area contributed by atoms with Gasteiger partial charge in [0.25, 0.3) is 0 Å². The van der Waals surface area contributed by atoms with Crippen LogP contribution in [0.3, 0.4) is 0 Å². The van der Waals surface area contributed by atoms with Crippen molar-refractivity contribution in [1.82, 2.24) is 16.0 Å². The molecule has 0 heterocycles. The Bertz CT molecular complexity index is 1250. The van der Waals surface area contributed by atoms with Crippen LogP contribution >= 0.6 is 0 Å². The second-order valence-electron chi connectivity index (χ2n) is 10.3. The first kappa shape index (κ1) is 30.0. The molecule has 210 valence electrons. The molecule has 4 amide bonds. The van der Waals surface area contributed by atoms with Crippen LogP contribution in [0.25, 0.3) is 11.1 Å². The highest BCUT2D eigenvalue weighted by molar-refractivity contribution is 5.90. The highest BCUT2D eigenvalue weighted by Gasteiger charge is 2.15. The number of ether oxygens (including phenoxy) is 1.